The number of amides is 4. The fourth-order valence-corrected chi connectivity index (χ4v) is 3.57. The van der Waals surface area contributed by atoms with Crippen molar-refractivity contribution in [1.29, 1.82) is 0 Å². The molecule has 0 aliphatic heterocycles. The minimum atomic E-state index is -1.71. The molecule has 1 aromatic rings. The summed E-state index contributed by atoms with van der Waals surface area (Å²) in [6, 6.07) is 1.33. The van der Waals surface area contributed by atoms with Crippen LogP contribution in [0.3, 0.4) is 0 Å². The lowest BCUT2D eigenvalue weighted by Gasteiger charge is -2.29. The summed E-state index contributed by atoms with van der Waals surface area (Å²) in [6.45, 7) is 5.84. The second-order valence-corrected chi connectivity index (χ2v) is 8.96. The molecule has 230 valence electrons. The number of esters is 4. The molecule has 0 saturated carbocycles. The summed E-state index contributed by atoms with van der Waals surface area (Å²) in [7, 11) is 0.928. The zero-order valence-corrected chi connectivity index (χ0v) is 23.9. The molecule has 0 radical (unpaired) electrons. The summed E-state index contributed by atoms with van der Waals surface area (Å²) < 4.78 is 19.3. The molecule has 1 rings (SSSR count). The van der Waals surface area contributed by atoms with Crippen LogP contribution < -0.4 is 26.4 Å². The third-order valence-corrected chi connectivity index (χ3v) is 5.45. The van der Waals surface area contributed by atoms with E-state index in [1.54, 1.807) is 0 Å². The number of nitrogens with two attached hydrogens (primary N) is 1. The van der Waals surface area contributed by atoms with Gasteiger partial charge in [-0.3, -0.25) is 33.6 Å². The minimum Gasteiger partial charge on any atom is -0.462 e. The Morgan fingerprint density at radius 2 is 1.21 bits per heavy atom. The highest BCUT2D eigenvalue weighted by Gasteiger charge is 2.37. The van der Waals surface area contributed by atoms with Gasteiger partial charge in [0.2, 0.25) is 17.7 Å². The fourth-order valence-electron chi connectivity index (χ4n) is 3.57. The van der Waals surface area contributed by atoms with Crippen molar-refractivity contribution in [3.05, 3.63) is 29.8 Å². The Morgan fingerprint density at radius 3 is 1.64 bits per heavy atom. The fraction of sp³-hybridized carbons (Fsp3) is 0.462. The molecule has 0 aliphatic rings. The van der Waals surface area contributed by atoms with Gasteiger partial charge in [-0.25, -0.2) is 4.79 Å². The Kier molecular flexibility index (Phi) is 13.6. The van der Waals surface area contributed by atoms with E-state index < -0.39 is 77.8 Å². The largest absolute Gasteiger partial charge is 0.462 e. The molecule has 1 aromatic carbocycles. The predicted octanol–water partition coefficient (Wildman–Crippen LogP) is -1.83. The highest BCUT2D eigenvalue weighted by Crippen LogP contribution is 2.14. The first kappa shape index (κ1) is 35.0. The predicted molar refractivity (Wildman–Crippen MR) is 141 cm³/mol. The van der Waals surface area contributed by atoms with Crippen molar-refractivity contribution in [3.63, 3.8) is 0 Å². The molecule has 5 atom stereocenters. The van der Waals surface area contributed by atoms with E-state index in [2.05, 4.69) is 20.7 Å². The van der Waals surface area contributed by atoms with Gasteiger partial charge in [0.15, 0.2) is 0 Å². The average Bonchev–Trinajstić information content (AvgIpc) is 2.88. The molecule has 0 saturated heterocycles. The lowest BCUT2D eigenvalue weighted by molar-refractivity contribution is -0.157. The van der Waals surface area contributed by atoms with Crippen LogP contribution in [-0.4, -0.2) is 84.9 Å². The molecule has 0 heterocycles. The van der Waals surface area contributed by atoms with E-state index in [1.165, 1.54) is 45.0 Å². The molecular weight excluding hydrogens is 560 g/mol. The molecule has 5 N–H and O–H groups in total. The number of hydrogen-bond acceptors (Lipinski definition) is 12. The van der Waals surface area contributed by atoms with E-state index in [1.807, 2.05) is 0 Å². The second-order valence-electron chi connectivity index (χ2n) is 8.96. The van der Waals surface area contributed by atoms with Gasteiger partial charge in [0.1, 0.15) is 36.1 Å². The second kappa shape index (κ2) is 16.3. The molecule has 0 aliphatic carbocycles. The van der Waals surface area contributed by atoms with Gasteiger partial charge in [-0.1, -0.05) is 12.1 Å². The van der Waals surface area contributed by atoms with Gasteiger partial charge in [-0.05, 0) is 31.5 Å². The number of methoxy groups -OCH3 is 1. The molecular formula is C26H34N4O12. The zero-order chi connectivity index (χ0) is 32.1. The molecule has 0 spiro atoms. The standard InChI is InChI=1S/C26H34N4O12/c1-12(40-14(3)31)20(29-24(36)21(13(2)41-15(4)32)30-25(37)26(38)39-6)23(35)28-19(22(27)34)11-17-7-9-18(10-8-17)42-16(5)33/h7-10,12-13,19-21H,11H2,1-6H3,(H2,27,34)(H,28,35)(H,29,36)(H,30,37)/t12-,13-,19-,20-,21+/m1/s1. The van der Waals surface area contributed by atoms with E-state index in [0.717, 1.165) is 21.0 Å². The number of ether oxygens (including phenoxy) is 4. The quantitative estimate of drug-likeness (QED) is 0.0854. The van der Waals surface area contributed by atoms with Crippen molar-refractivity contribution in [2.45, 2.75) is 71.4 Å². The topological polar surface area (TPSA) is 236 Å². The van der Waals surface area contributed by atoms with Crippen LogP contribution in [0.5, 0.6) is 5.75 Å². The highest BCUT2D eigenvalue weighted by atomic mass is 16.6. The van der Waals surface area contributed by atoms with Gasteiger partial charge in [0.05, 0.1) is 7.11 Å². The zero-order valence-electron chi connectivity index (χ0n) is 23.9. The lowest BCUT2D eigenvalue weighted by Crippen LogP contribution is -2.62. The van der Waals surface area contributed by atoms with Crippen LogP contribution in [0.15, 0.2) is 24.3 Å². The van der Waals surface area contributed by atoms with Crippen LogP contribution >= 0.6 is 0 Å². The molecule has 0 fully saturated rings. The Balaban J connectivity index is 3.25. The number of primary amides is 1. The van der Waals surface area contributed by atoms with Crippen LogP contribution in [-0.2, 0) is 59.0 Å². The van der Waals surface area contributed by atoms with Crippen LogP contribution in [0.2, 0.25) is 0 Å². The number of carbonyl (C=O) groups excluding carboxylic acids is 8. The van der Waals surface area contributed by atoms with Crippen molar-refractivity contribution in [2.75, 3.05) is 7.11 Å². The molecule has 0 aromatic heterocycles. The third kappa shape index (κ3) is 11.6. The highest BCUT2D eigenvalue weighted by molar-refractivity contribution is 6.32. The van der Waals surface area contributed by atoms with Crippen LogP contribution in [0.4, 0.5) is 0 Å². The third-order valence-electron chi connectivity index (χ3n) is 5.45. The van der Waals surface area contributed by atoms with Crippen LogP contribution in [0.1, 0.15) is 40.2 Å². The van der Waals surface area contributed by atoms with Gasteiger partial charge in [-0.15, -0.1) is 0 Å². The van der Waals surface area contributed by atoms with E-state index in [-0.39, 0.29) is 12.2 Å². The summed E-state index contributed by atoms with van der Waals surface area (Å²) in [6.07, 6.45) is -2.76. The molecule has 0 unspecified atom stereocenters. The van der Waals surface area contributed by atoms with Gasteiger partial charge in [0, 0.05) is 27.2 Å². The van der Waals surface area contributed by atoms with E-state index >= 15 is 0 Å². The number of carbonyl (C=O) groups is 8. The van der Waals surface area contributed by atoms with Gasteiger partial charge < -0.3 is 40.6 Å². The maximum Gasteiger partial charge on any atom is 0.396 e. The Hall–Kier alpha value is -5.02. The van der Waals surface area contributed by atoms with Crippen molar-refractivity contribution >= 4 is 47.5 Å². The van der Waals surface area contributed by atoms with E-state index in [4.69, 9.17) is 19.9 Å². The number of hydrogen-bond donors (Lipinski definition) is 4. The maximum absolute atomic E-state index is 13.3. The smallest absolute Gasteiger partial charge is 0.396 e. The Bertz CT molecular complexity index is 1200. The summed E-state index contributed by atoms with van der Waals surface area (Å²) >= 11 is 0. The summed E-state index contributed by atoms with van der Waals surface area (Å²) in [5.74, 6) is -7.67. The normalized spacial score (nSPS) is 14.0. The molecule has 16 heteroatoms. The van der Waals surface area contributed by atoms with Crippen molar-refractivity contribution in [3.8, 4) is 5.75 Å². The number of benzene rings is 1. The number of nitrogens with one attached hydrogen (secondary N) is 3. The first-order valence-electron chi connectivity index (χ1n) is 12.5. The maximum atomic E-state index is 13.3. The Morgan fingerprint density at radius 1 is 0.738 bits per heavy atom. The average molecular weight is 595 g/mol. The summed E-state index contributed by atoms with van der Waals surface area (Å²) in [5, 5.41) is 6.73. The first-order chi connectivity index (χ1) is 19.5. The summed E-state index contributed by atoms with van der Waals surface area (Å²) in [4.78, 5) is 96.6. The molecule has 42 heavy (non-hydrogen) atoms. The van der Waals surface area contributed by atoms with Gasteiger partial charge >= 0.3 is 29.8 Å². The monoisotopic (exact) mass is 594 g/mol. The van der Waals surface area contributed by atoms with E-state index in [9.17, 15) is 38.4 Å². The van der Waals surface area contributed by atoms with Crippen LogP contribution in [0.25, 0.3) is 0 Å². The van der Waals surface area contributed by atoms with Crippen molar-refractivity contribution in [1.82, 2.24) is 16.0 Å². The van der Waals surface area contributed by atoms with Crippen molar-refractivity contribution < 1.29 is 57.3 Å². The SMILES string of the molecule is COC(=O)C(=O)N[C@H](C(=O)N[C@@H](C(=O)N[C@H](Cc1ccc(OC(C)=O)cc1)C(N)=O)[C@@H](C)OC(C)=O)[C@@H](C)OC(C)=O. The molecule has 4 amide bonds. The van der Waals surface area contributed by atoms with Crippen molar-refractivity contribution in [2.24, 2.45) is 5.73 Å². The molecule has 16 nitrogen and oxygen atoms in total. The summed E-state index contributed by atoms with van der Waals surface area (Å²) in [5.41, 5.74) is 6.00. The Labute approximate surface area is 240 Å². The van der Waals surface area contributed by atoms with Crippen LogP contribution in [0, 0.1) is 0 Å². The van der Waals surface area contributed by atoms with Gasteiger partial charge in [0.25, 0.3) is 0 Å². The van der Waals surface area contributed by atoms with E-state index in [0.29, 0.717) is 5.56 Å². The molecule has 0 bridgehead atoms. The lowest BCUT2D eigenvalue weighted by atomic mass is 10.0. The first-order valence-corrected chi connectivity index (χ1v) is 12.5. The van der Waals surface area contributed by atoms with Gasteiger partial charge in [-0.2, -0.15) is 0 Å². The number of rotatable bonds is 13. The minimum absolute atomic E-state index is 0.106.